The summed E-state index contributed by atoms with van der Waals surface area (Å²) in [6, 6.07) is 7.95. The first kappa shape index (κ1) is 20.7. The molecule has 3 aromatic rings. The number of likely N-dealkylation sites (tertiary alicyclic amines) is 1. The Morgan fingerprint density at radius 2 is 2.00 bits per heavy atom. The number of fused-ring (bicyclic) bond motifs is 2. The van der Waals surface area contributed by atoms with E-state index in [4.69, 9.17) is 19.4 Å². The van der Waals surface area contributed by atoms with Crippen LogP contribution in [0.5, 0.6) is 11.5 Å². The van der Waals surface area contributed by atoms with Gasteiger partial charge in [0.05, 0.1) is 11.4 Å². The lowest BCUT2D eigenvalue weighted by molar-refractivity contribution is -0.133. The fraction of sp³-hybridized carbons (Fsp3) is 0.440. The predicted molar refractivity (Wildman–Crippen MR) is 127 cm³/mol. The summed E-state index contributed by atoms with van der Waals surface area (Å²) in [7, 11) is 0. The van der Waals surface area contributed by atoms with Crippen LogP contribution in [0.4, 0.5) is 5.95 Å². The molecule has 1 saturated heterocycles. The quantitative estimate of drug-likeness (QED) is 0.582. The molecule has 180 valence electrons. The zero-order valence-corrected chi connectivity index (χ0v) is 19.4. The summed E-state index contributed by atoms with van der Waals surface area (Å²) >= 11 is 0. The lowest BCUT2D eigenvalue weighted by Crippen LogP contribution is -2.45. The molecule has 10 nitrogen and oxygen atoms in total. The van der Waals surface area contributed by atoms with Crippen molar-refractivity contribution in [3.63, 3.8) is 0 Å². The molecule has 3 aliphatic heterocycles. The number of carbonyl (C=O) groups is 1. The van der Waals surface area contributed by atoms with Crippen molar-refractivity contribution in [2.45, 2.75) is 44.8 Å². The van der Waals surface area contributed by atoms with E-state index in [2.05, 4.69) is 20.2 Å². The maximum atomic E-state index is 12.6. The van der Waals surface area contributed by atoms with Crippen molar-refractivity contribution in [1.82, 2.24) is 29.7 Å². The van der Waals surface area contributed by atoms with Crippen molar-refractivity contribution >= 4 is 11.9 Å². The Morgan fingerprint density at radius 3 is 2.91 bits per heavy atom. The number of imidazole rings is 1. The van der Waals surface area contributed by atoms with Gasteiger partial charge in [0.2, 0.25) is 18.6 Å². The number of hydrogen-bond acceptors (Lipinski definition) is 8. The molecule has 2 N–H and O–H groups in total. The van der Waals surface area contributed by atoms with Crippen LogP contribution in [-0.4, -0.2) is 56.3 Å². The Bertz CT molecular complexity index is 1300. The first-order valence-corrected chi connectivity index (χ1v) is 12.3. The number of aromatic nitrogens is 4. The highest BCUT2D eigenvalue weighted by atomic mass is 16.7. The molecule has 1 saturated carbocycles. The Morgan fingerprint density at radius 1 is 1.09 bits per heavy atom. The van der Waals surface area contributed by atoms with Crippen LogP contribution in [0.1, 0.15) is 37.1 Å². The molecule has 0 bridgehead atoms. The van der Waals surface area contributed by atoms with E-state index in [-0.39, 0.29) is 18.8 Å². The number of amides is 1. The lowest BCUT2D eigenvalue weighted by atomic mass is 10.1. The molecule has 35 heavy (non-hydrogen) atoms. The van der Waals surface area contributed by atoms with E-state index in [1.54, 1.807) is 6.20 Å². The van der Waals surface area contributed by atoms with Crippen molar-refractivity contribution in [3.8, 4) is 28.7 Å². The third-order valence-corrected chi connectivity index (χ3v) is 7.13. The fourth-order valence-electron chi connectivity index (χ4n) is 5.21. The van der Waals surface area contributed by atoms with Crippen LogP contribution in [0.3, 0.4) is 0 Å². The molecule has 0 radical (unpaired) electrons. The van der Waals surface area contributed by atoms with Gasteiger partial charge in [0.1, 0.15) is 11.6 Å². The highest BCUT2D eigenvalue weighted by Crippen LogP contribution is 2.37. The molecule has 4 aliphatic rings. The first-order chi connectivity index (χ1) is 17.2. The standard InChI is InChI=1S/C25H27N7O3/c33-24(15-3-4-15)31-9-1-2-17(13-31)28-25-27-8-7-22(30-25)32-19-12-26-11-18(19)29-23(32)16-5-6-20-21(10-16)35-14-34-20/h5-8,10,15,17,26H,1-4,9,11-14H2,(H,27,28,30)/t17-/m0/s1. The van der Waals surface area contributed by atoms with E-state index in [1.165, 1.54) is 0 Å². The Balaban J connectivity index is 1.19. The maximum absolute atomic E-state index is 12.6. The number of anilines is 1. The molecule has 0 unspecified atom stereocenters. The average molecular weight is 474 g/mol. The Kier molecular flexibility index (Phi) is 4.86. The van der Waals surface area contributed by atoms with Crippen molar-refractivity contribution in [3.05, 3.63) is 41.9 Å². The van der Waals surface area contributed by atoms with E-state index in [0.717, 1.165) is 85.4 Å². The number of carbonyl (C=O) groups excluding carboxylic acids is 1. The largest absolute Gasteiger partial charge is 0.454 e. The summed E-state index contributed by atoms with van der Waals surface area (Å²) in [6.07, 6.45) is 5.83. The molecule has 1 aliphatic carbocycles. The van der Waals surface area contributed by atoms with Crippen molar-refractivity contribution in [2.75, 3.05) is 25.2 Å². The van der Waals surface area contributed by atoms with Crippen LogP contribution < -0.4 is 20.1 Å². The third kappa shape index (κ3) is 3.78. The zero-order valence-electron chi connectivity index (χ0n) is 19.4. The van der Waals surface area contributed by atoms with Gasteiger partial charge in [0.25, 0.3) is 0 Å². The third-order valence-electron chi connectivity index (χ3n) is 7.13. The monoisotopic (exact) mass is 473 g/mol. The van der Waals surface area contributed by atoms with Gasteiger partial charge < -0.3 is 25.0 Å². The van der Waals surface area contributed by atoms with Gasteiger partial charge in [-0.05, 0) is 49.9 Å². The minimum Gasteiger partial charge on any atom is -0.454 e. The summed E-state index contributed by atoms with van der Waals surface area (Å²) in [5.41, 5.74) is 3.06. The summed E-state index contributed by atoms with van der Waals surface area (Å²) in [5, 5.41) is 6.87. The van der Waals surface area contributed by atoms with Crippen LogP contribution >= 0.6 is 0 Å². The predicted octanol–water partition coefficient (Wildman–Crippen LogP) is 2.47. The number of benzene rings is 1. The maximum Gasteiger partial charge on any atom is 0.231 e. The van der Waals surface area contributed by atoms with E-state index >= 15 is 0 Å². The average Bonchev–Trinajstić information content (AvgIpc) is 3.28. The molecule has 10 heteroatoms. The molecule has 2 aromatic heterocycles. The smallest absolute Gasteiger partial charge is 0.231 e. The topological polar surface area (TPSA) is 106 Å². The molecule has 1 amide bonds. The zero-order chi connectivity index (χ0) is 23.4. The SMILES string of the molecule is O=C(C1CC1)N1CCC[C@H](Nc2nccc(-n3c(-c4ccc5c(c4)OCO5)nc4c3CNC4)n2)C1. The number of hydrogen-bond donors (Lipinski definition) is 2. The minimum absolute atomic E-state index is 0.144. The van der Waals surface area contributed by atoms with Gasteiger partial charge in [0, 0.05) is 49.9 Å². The molecule has 7 rings (SSSR count). The van der Waals surface area contributed by atoms with Crippen molar-refractivity contribution in [2.24, 2.45) is 5.92 Å². The molecule has 5 heterocycles. The number of ether oxygens (including phenoxy) is 2. The van der Waals surface area contributed by atoms with Gasteiger partial charge in [-0.25, -0.2) is 9.97 Å². The fourth-order valence-corrected chi connectivity index (χ4v) is 5.21. The van der Waals surface area contributed by atoms with Gasteiger partial charge in [-0.15, -0.1) is 0 Å². The summed E-state index contributed by atoms with van der Waals surface area (Å²) < 4.78 is 13.2. The van der Waals surface area contributed by atoms with Crippen molar-refractivity contribution < 1.29 is 14.3 Å². The summed E-state index contributed by atoms with van der Waals surface area (Å²) in [6.45, 7) is 3.24. The minimum atomic E-state index is 0.144. The van der Waals surface area contributed by atoms with Crippen LogP contribution in [0.15, 0.2) is 30.5 Å². The normalized spacial score (nSPS) is 20.7. The second-order valence-electron chi connectivity index (χ2n) is 9.62. The molecule has 2 fully saturated rings. The summed E-state index contributed by atoms with van der Waals surface area (Å²) in [4.78, 5) is 28.9. The van der Waals surface area contributed by atoms with Crippen LogP contribution in [-0.2, 0) is 17.9 Å². The molecule has 1 aromatic carbocycles. The van der Waals surface area contributed by atoms with Crippen LogP contribution in [0.2, 0.25) is 0 Å². The van der Waals surface area contributed by atoms with E-state index in [1.807, 2.05) is 29.2 Å². The van der Waals surface area contributed by atoms with Gasteiger partial charge in [-0.2, -0.15) is 4.98 Å². The highest BCUT2D eigenvalue weighted by Gasteiger charge is 2.35. The molecule has 0 spiro atoms. The van der Waals surface area contributed by atoms with Crippen molar-refractivity contribution in [1.29, 1.82) is 0 Å². The van der Waals surface area contributed by atoms with Crippen LogP contribution in [0.25, 0.3) is 17.2 Å². The van der Waals surface area contributed by atoms with Gasteiger partial charge in [-0.3, -0.25) is 9.36 Å². The van der Waals surface area contributed by atoms with Gasteiger partial charge >= 0.3 is 0 Å². The number of rotatable bonds is 5. The van der Waals surface area contributed by atoms with Gasteiger partial charge in [0.15, 0.2) is 11.5 Å². The summed E-state index contributed by atoms with van der Waals surface area (Å²) in [5.74, 6) is 4.17. The number of piperidine rings is 1. The van der Waals surface area contributed by atoms with Gasteiger partial charge in [-0.1, -0.05) is 0 Å². The molecule has 1 atom stereocenters. The Labute approximate surface area is 202 Å². The lowest BCUT2D eigenvalue weighted by Gasteiger charge is -2.33. The molecular formula is C25H27N7O3. The van der Waals surface area contributed by atoms with Crippen LogP contribution in [0, 0.1) is 5.92 Å². The highest BCUT2D eigenvalue weighted by molar-refractivity contribution is 5.81. The number of nitrogens with one attached hydrogen (secondary N) is 2. The second-order valence-corrected chi connectivity index (χ2v) is 9.62. The van der Waals surface area contributed by atoms with E-state index in [0.29, 0.717) is 18.4 Å². The van der Waals surface area contributed by atoms with E-state index in [9.17, 15) is 4.79 Å². The molecular weight excluding hydrogens is 446 g/mol. The first-order valence-electron chi connectivity index (χ1n) is 12.3. The second kappa shape index (κ2) is 8.23. The number of nitrogens with zero attached hydrogens (tertiary/aromatic N) is 5. The Hall–Kier alpha value is -3.66. The van der Waals surface area contributed by atoms with E-state index < -0.39 is 0 Å².